The summed E-state index contributed by atoms with van der Waals surface area (Å²) in [5.41, 5.74) is 7.40. The van der Waals surface area contributed by atoms with Gasteiger partial charge >= 0.3 is 0 Å². The molecule has 0 atom stereocenters. The van der Waals surface area contributed by atoms with E-state index in [4.69, 9.17) is 0 Å². The molecule has 1 saturated carbocycles. The highest BCUT2D eigenvalue weighted by molar-refractivity contribution is 8.06. The topological polar surface area (TPSA) is 20.2 Å². The van der Waals surface area contributed by atoms with Gasteiger partial charge in [-0.1, -0.05) is 85.6 Å². The molecule has 1 nitrogen and oxygen atoms in total. The fraction of sp³-hybridized carbons (Fsp3) is 0.564. The van der Waals surface area contributed by atoms with Crippen molar-refractivity contribution in [2.75, 3.05) is 0 Å². The fourth-order valence-electron chi connectivity index (χ4n) is 5.84. The van der Waals surface area contributed by atoms with Gasteiger partial charge in [0.1, 0.15) is 5.76 Å². The summed E-state index contributed by atoms with van der Waals surface area (Å²) in [6, 6.07) is 4.75. The van der Waals surface area contributed by atoms with Gasteiger partial charge in [-0.25, -0.2) is 0 Å². The van der Waals surface area contributed by atoms with Gasteiger partial charge in [-0.2, -0.15) is 0 Å². The molecule has 0 saturated heterocycles. The van der Waals surface area contributed by atoms with Gasteiger partial charge in [-0.05, 0) is 113 Å². The van der Waals surface area contributed by atoms with E-state index >= 15 is 0 Å². The highest BCUT2D eigenvalue weighted by Gasteiger charge is 2.34. The predicted octanol–water partition coefficient (Wildman–Crippen LogP) is 12.8. The molecular weight excluding hydrogens is 549 g/mol. The SMILES string of the molecule is CC(C)CCCC1=CC(=CC2=C(O)C(=Cc3cc(CCCC(C)C)[s+]c(CC(C)C)c3)C2=C2CC2)C=C(CC(C)C)S1. The van der Waals surface area contributed by atoms with E-state index < -0.39 is 0 Å². The molecule has 0 aromatic carbocycles. The van der Waals surface area contributed by atoms with E-state index in [1.807, 2.05) is 23.1 Å². The Balaban J connectivity index is 1.65. The summed E-state index contributed by atoms with van der Waals surface area (Å²) in [6.45, 7) is 18.5. The number of hydrogen-bond donors (Lipinski definition) is 1. The maximum atomic E-state index is 11.5. The van der Waals surface area contributed by atoms with Crippen LogP contribution in [0.25, 0.3) is 6.08 Å². The molecule has 1 fully saturated rings. The number of allylic oxidation sites excluding steroid dienone is 9. The molecule has 2 heterocycles. The molecular formula is C39H55OS2+. The van der Waals surface area contributed by atoms with E-state index in [0.717, 1.165) is 61.5 Å². The zero-order valence-corrected chi connectivity index (χ0v) is 29.2. The second-order valence-corrected chi connectivity index (χ2v) is 16.9. The lowest BCUT2D eigenvalue weighted by Gasteiger charge is -2.26. The summed E-state index contributed by atoms with van der Waals surface area (Å²) in [6.07, 6.45) is 21.1. The largest absolute Gasteiger partial charge is 0.507 e. The van der Waals surface area contributed by atoms with Crippen molar-refractivity contribution < 1.29 is 5.11 Å². The quantitative estimate of drug-likeness (QED) is 0.213. The average Bonchev–Trinajstić information content (AvgIpc) is 3.71. The summed E-state index contributed by atoms with van der Waals surface area (Å²) in [4.78, 5) is 5.87. The van der Waals surface area contributed by atoms with Gasteiger partial charge in [0.05, 0.1) is 0 Å². The lowest BCUT2D eigenvalue weighted by Crippen LogP contribution is -2.12. The molecule has 1 aromatic rings. The first-order valence-corrected chi connectivity index (χ1v) is 18.3. The molecule has 0 bridgehead atoms. The van der Waals surface area contributed by atoms with Crippen molar-refractivity contribution >= 4 is 29.2 Å². The Hall–Kier alpha value is -1.84. The molecule has 1 aliphatic heterocycles. The van der Waals surface area contributed by atoms with Crippen LogP contribution in [0.15, 0.2) is 73.8 Å². The van der Waals surface area contributed by atoms with Crippen molar-refractivity contribution in [2.24, 2.45) is 23.7 Å². The van der Waals surface area contributed by atoms with Gasteiger partial charge in [0, 0.05) is 36.1 Å². The van der Waals surface area contributed by atoms with E-state index in [1.54, 1.807) is 0 Å². The van der Waals surface area contributed by atoms with Crippen LogP contribution in [0.3, 0.4) is 0 Å². The van der Waals surface area contributed by atoms with Gasteiger partial charge in [0.25, 0.3) is 0 Å². The molecule has 2 aliphatic carbocycles. The smallest absolute Gasteiger partial charge is 0.218 e. The van der Waals surface area contributed by atoms with Gasteiger partial charge in [-0.15, -0.1) is 0 Å². The third-order valence-corrected chi connectivity index (χ3v) is 10.2. The first kappa shape index (κ1) is 33.1. The van der Waals surface area contributed by atoms with E-state index in [-0.39, 0.29) is 0 Å². The second-order valence-electron chi connectivity index (χ2n) is 14.4. The standard InChI is InChI=1S/C39H54OS2/c1-25(2)11-9-13-32-19-29(21-34(41-32)17-27(5)6)23-36-38(31-15-16-31)37(39(36)40)24-30-20-33(14-10-12-26(3)4)42-35(22-30)18-28(7)8/h19-28H,9-18H2,1-8H3/p+1. The molecule has 1 aromatic heterocycles. The minimum absolute atomic E-state index is 0.475. The molecule has 1 N–H and O–H groups in total. The van der Waals surface area contributed by atoms with Gasteiger partial charge in [0.15, 0.2) is 0 Å². The van der Waals surface area contributed by atoms with E-state index in [1.165, 1.54) is 67.5 Å². The molecule has 0 amide bonds. The normalized spacial score (nSPS) is 19.1. The molecule has 3 heteroatoms. The molecule has 228 valence electrons. The molecule has 0 unspecified atom stereocenters. The van der Waals surface area contributed by atoms with Crippen LogP contribution in [0.4, 0.5) is 0 Å². The maximum Gasteiger partial charge on any atom is 0.218 e. The van der Waals surface area contributed by atoms with Crippen LogP contribution in [0.2, 0.25) is 0 Å². The average molecular weight is 604 g/mol. The second kappa shape index (κ2) is 15.2. The Kier molecular flexibility index (Phi) is 12.0. The van der Waals surface area contributed by atoms with Crippen LogP contribution in [0, 0.1) is 23.7 Å². The maximum absolute atomic E-state index is 11.5. The summed E-state index contributed by atoms with van der Waals surface area (Å²) in [5, 5.41) is 11.5. The number of rotatable bonds is 14. The monoisotopic (exact) mass is 603 g/mol. The first-order chi connectivity index (χ1) is 20.0. The summed E-state index contributed by atoms with van der Waals surface area (Å²) < 4.78 is 0. The van der Waals surface area contributed by atoms with Crippen molar-refractivity contribution in [3.8, 4) is 0 Å². The van der Waals surface area contributed by atoms with Crippen molar-refractivity contribution in [1.29, 1.82) is 0 Å². The molecule has 42 heavy (non-hydrogen) atoms. The van der Waals surface area contributed by atoms with Crippen molar-refractivity contribution in [1.82, 2.24) is 0 Å². The minimum Gasteiger partial charge on any atom is -0.507 e. The summed E-state index contributed by atoms with van der Waals surface area (Å²) in [5.74, 6) is 3.24. The zero-order valence-electron chi connectivity index (χ0n) is 27.6. The Morgan fingerprint density at radius 2 is 1.38 bits per heavy atom. The van der Waals surface area contributed by atoms with Gasteiger partial charge in [0.2, 0.25) is 21.1 Å². The third kappa shape index (κ3) is 9.84. The van der Waals surface area contributed by atoms with Crippen LogP contribution in [0.5, 0.6) is 0 Å². The molecule has 4 rings (SSSR count). The highest BCUT2D eigenvalue weighted by Crippen LogP contribution is 2.50. The van der Waals surface area contributed by atoms with E-state index in [9.17, 15) is 5.11 Å². The number of aliphatic hydroxyl groups excluding tert-OH is 1. The van der Waals surface area contributed by atoms with E-state index in [2.05, 4.69) is 91.8 Å². The van der Waals surface area contributed by atoms with Crippen molar-refractivity contribution in [2.45, 2.75) is 120 Å². The van der Waals surface area contributed by atoms with Crippen LogP contribution < -0.4 is 0 Å². The molecule has 0 spiro atoms. The number of thioether (sulfide) groups is 1. The van der Waals surface area contributed by atoms with Crippen LogP contribution >= 0.6 is 23.1 Å². The molecule has 0 radical (unpaired) electrons. The Morgan fingerprint density at radius 3 is 2.00 bits per heavy atom. The van der Waals surface area contributed by atoms with Crippen LogP contribution in [0.1, 0.15) is 122 Å². The van der Waals surface area contributed by atoms with Crippen LogP contribution in [-0.4, -0.2) is 5.11 Å². The van der Waals surface area contributed by atoms with Crippen LogP contribution in [-0.2, 0) is 12.8 Å². The summed E-state index contributed by atoms with van der Waals surface area (Å²) >= 11 is 3.97. The van der Waals surface area contributed by atoms with Crippen molar-refractivity contribution in [3.63, 3.8) is 0 Å². The highest BCUT2D eigenvalue weighted by atomic mass is 32.2. The Morgan fingerprint density at radius 1 is 0.762 bits per heavy atom. The predicted molar refractivity (Wildman–Crippen MR) is 189 cm³/mol. The number of hydrogen-bond acceptors (Lipinski definition) is 2. The zero-order chi connectivity index (χ0) is 30.4. The fourth-order valence-corrected chi connectivity index (χ4v) is 8.62. The number of aryl methyl sites for hydroxylation is 1. The molecule has 3 aliphatic rings. The van der Waals surface area contributed by atoms with E-state index in [0.29, 0.717) is 17.6 Å². The first-order valence-electron chi connectivity index (χ1n) is 16.6. The number of aliphatic hydroxyl groups is 1. The Labute approximate surface area is 265 Å². The Bertz CT molecular complexity index is 1300. The lowest BCUT2D eigenvalue weighted by atomic mass is 9.80. The van der Waals surface area contributed by atoms with Gasteiger partial charge < -0.3 is 5.11 Å². The summed E-state index contributed by atoms with van der Waals surface area (Å²) in [7, 11) is 0. The minimum atomic E-state index is 0.475. The third-order valence-electron chi connectivity index (χ3n) is 7.99. The van der Waals surface area contributed by atoms with Crippen molar-refractivity contribution in [3.05, 3.63) is 89.1 Å². The lowest BCUT2D eigenvalue weighted by molar-refractivity contribution is 0.411. The van der Waals surface area contributed by atoms with Gasteiger partial charge in [-0.3, -0.25) is 0 Å².